The zero-order valence-corrected chi connectivity index (χ0v) is 15.5. The maximum absolute atomic E-state index is 11.9. The van der Waals surface area contributed by atoms with Crippen molar-refractivity contribution >= 4 is 41.0 Å². The molecule has 132 valence electrons. The minimum atomic E-state index is -0.497. The van der Waals surface area contributed by atoms with Crippen molar-refractivity contribution in [1.82, 2.24) is 0 Å². The van der Waals surface area contributed by atoms with E-state index in [4.69, 9.17) is 9.47 Å². The Morgan fingerprint density at radius 1 is 0.920 bits per heavy atom. The maximum atomic E-state index is 11.9. The fourth-order valence-corrected chi connectivity index (χ4v) is 4.13. The molecule has 1 aromatic heterocycles. The largest absolute Gasteiger partial charge is 0.465 e. The second kappa shape index (κ2) is 8.68. The molecule has 0 aliphatic carbocycles. The van der Waals surface area contributed by atoms with E-state index in [-0.39, 0.29) is 0 Å². The number of thiophene rings is 1. The van der Waals surface area contributed by atoms with Crippen LogP contribution in [0, 0.1) is 0 Å². The summed E-state index contributed by atoms with van der Waals surface area (Å²) in [4.78, 5) is 36.3. The molecule has 2 aromatic rings. The number of methoxy groups -OCH3 is 3. The number of benzene rings is 1. The Morgan fingerprint density at radius 2 is 1.52 bits per heavy atom. The molecule has 0 amide bonds. The van der Waals surface area contributed by atoms with Crippen molar-refractivity contribution in [1.29, 1.82) is 0 Å². The average Bonchev–Trinajstić information content (AvgIpc) is 3.09. The van der Waals surface area contributed by atoms with Crippen molar-refractivity contribution in [3.05, 3.63) is 51.2 Å². The highest BCUT2D eigenvalue weighted by Gasteiger charge is 2.21. The summed E-state index contributed by atoms with van der Waals surface area (Å²) in [5.41, 5.74) is 1.43. The number of rotatable bonds is 6. The predicted molar refractivity (Wildman–Crippen MR) is 94.3 cm³/mol. The van der Waals surface area contributed by atoms with Crippen LogP contribution in [0.15, 0.2) is 35.2 Å². The third-order valence-corrected chi connectivity index (χ3v) is 5.56. The molecule has 25 heavy (non-hydrogen) atoms. The number of carbonyl (C=O) groups is 3. The van der Waals surface area contributed by atoms with E-state index < -0.39 is 17.9 Å². The molecule has 0 N–H and O–H groups in total. The number of thioether (sulfide) groups is 1. The molecule has 1 heterocycles. The lowest BCUT2D eigenvalue weighted by Crippen LogP contribution is -2.01. The lowest BCUT2D eigenvalue weighted by atomic mass is 10.1. The van der Waals surface area contributed by atoms with Crippen LogP contribution in [0.3, 0.4) is 0 Å². The zero-order valence-electron chi connectivity index (χ0n) is 13.9. The summed E-state index contributed by atoms with van der Waals surface area (Å²) in [6.45, 7) is 0. The highest BCUT2D eigenvalue weighted by molar-refractivity contribution is 7.98. The number of ether oxygens (including phenoxy) is 3. The standard InChI is InChI=1S/C17H16O6S2/c1-21-15(18)11-6-4-10(5-7-11)9-24-12-8-13(16(19)22-2)25-14(12)17(20)23-3/h4-8H,9H2,1-3H3. The first-order valence-electron chi connectivity index (χ1n) is 7.10. The Morgan fingerprint density at radius 3 is 2.08 bits per heavy atom. The van der Waals surface area contributed by atoms with Gasteiger partial charge in [0.15, 0.2) is 0 Å². The Balaban J connectivity index is 2.16. The molecule has 1 aromatic carbocycles. The normalized spacial score (nSPS) is 10.2. The van der Waals surface area contributed by atoms with Crippen LogP contribution in [-0.4, -0.2) is 39.2 Å². The lowest BCUT2D eigenvalue weighted by molar-refractivity contribution is 0.0592. The highest BCUT2D eigenvalue weighted by Crippen LogP contribution is 2.34. The first-order valence-corrected chi connectivity index (χ1v) is 8.90. The molecule has 0 saturated heterocycles. The van der Waals surface area contributed by atoms with Crippen LogP contribution < -0.4 is 0 Å². The molecule has 0 aliphatic heterocycles. The van der Waals surface area contributed by atoms with Gasteiger partial charge in [0.2, 0.25) is 0 Å². The summed E-state index contributed by atoms with van der Waals surface area (Å²) < 4.78 is 14.1. The molecule has 0 spiro atoms. The zero-order chi connectivity index (χ0) is 18.4. The average molecular weight is 380 g/mol. The molecular formula is C17H16O6S2. The van der Waals surface area contributed by atoms with E-state index in [1.807, 2.05) is 12.1 Å². The van der Waals surface area contributed by atoms with Gasteiger partial charge in [0.05, 0.1) is 26.9 Å². The van der Waals surface area contributed by atoms with Crippen LogP contribution in [0.2, 0.25) is 0 Å². The van der Waals surface area contributed by atoms with Crippen molar-refractivity contribution in [2.45, 2.75) is 10.6 Å². The summed E-state index contributed by atoms with van der Waals surface area (Å²) >= 11 is 2.44. The van der Waals surface area contributed by atoms with Crippen molar-refractivity contribution in [2.75, 3.05) is 21.3 Å². The van der Waals surface area contributed by atoms with Gasteiger partial charge in [0.1, 0.15) is 9.75 Å². The molecule has 8 heteroatoms. The van der Waals surface area contributed by atoms with E-state index in [1.54, 1.807) is 18.2 Å². The molecule has 2 rings (SSSR count). The molecule has 6 nitrogen and oxygen atoms in total. The molecule has 0 bridgehead atoms. The van der Waals surface area contributed by atoms with Gasteiger partial charge in [0, 0.05) is 10.6 Å². The molecule has 0 aliphatic rings. The minimum absolute atomic E-state index is 0.339. The van der Waals surface area contributed by atoms with Gasteiger partial charge in [-0.15, -0.1) is 23.1 Å². The van der Waals surface area contributed by atoms with E-state index in [0.717, 1.165) is 16.9 Å². The van der Waals surface area contributed by atoms with Crippen LogP contribution in [0.5, 0.6) is 0 Å². The lowest BCUT2D eigenvalue weighted by Gasteiger charge is -2.04. The van der Waals surface area contributed by atoms with E-state index in [0.29, 0.717) is 26.0 Å². The van der Waals surface area contributed by atoms with Gasteiger partial charge in [0.25, 0.3) is 0 Å². The summed E-state index contributed by atoms with van der Waals surface area (Å²) in [6, 6.07) is 8.60. The Labute approximate surface area is 153 Å². The molecule has 0 radical (unpaired) electrons. The number of hydrogen-bond donors (Lipinski definition) is 0. The quantitative estimate of drug-likeness (QED) is 0.432. The smallest absolute Gasteiger partial charge is 0.349 e. The first kappa shape index (κ1) is 19.0. The Bertz CT molecular complexity index is 779. The molecule has 0 unspecified atom stereocenters. The number of hydrogen-bond acceptors (Lipinski definition) is 8. The molecule has 0 atom stereocenters. The summed E-state index contributed by atoms with van der Waals surface area (Å²) in [5.74, 6) is -0.830. The van der Waals surface area contributed by atoms with Crippen molar-refractivity contribution in [3.8, 4) is 0 Å². The number of carbonyl (C=O) groups excluding carboxylic acids is 3. The number of esters is 3. The van der Waals surface area contributed by atoms with Gasteiger partial charge in [-0.25, -0.2) is 14.4 Å². The van der Waals surface area contributed by atoms with Crippen molar-refractivity contribution in [2.24, 2.45) is 0 Å². The van der Waals surface area contributed by atoms with Gasteiger partial charge in [-0.3, -0.25) is 0 Å². The van der Waals surface area contributed by atoms with Gasteiger partial charge >= 0.3 is 17.9 Å². The molecular weight excluding hydrogens is 364 g/mol. The monoisotopic (exact) mass is 380 g/mol. The molecule has 0 fully saturated rings. The fourth-order valence-electron chi connectivity index (χ4n) is 1.93. The van der Waals surface area contributed by atoms with Crippen LogP contribution >= 0.6 is 23.1 Å². The first-order chi connectivity index (χ1) is 12.0. The predicted octanol–water partition coefficient (Wildman–Crippen LogP) is 3.40. The van der Waals surface area contributed by atoms with Crippen LogP contribution in [0.1, 0.15) is 35.3 Å². The Hall–Kier alpha value is -2.32. The highest BCUT2D eigenvalue weighted by atomic mass is 32.2. The van der Waals surface area contributed by atoms with Gasteiger partial charge in [-0.1, -0.05) is 12.1 Å². The van der Waals surface area contributed by atoms with Crippen LogP contribution in [0.4, 0.5) is 0 Å². The van der Waals surface area contributed by atoms with Gasteiger partial charge in [-0.05, 0) is 23.8 Å². The fraction of sp³-hybridized carbons (Fsp3) is 0.235. The Kier molecular flexibility index (Phi) is 6.60. The second-order valence-electron chi connectivity index (χ2n) is 4.76. The van der Waals surface area contributed by atoms with Crippen LogP contribution in [-0.2, 0) is 20.0 Å². The van der Waals surface area contributed by atoms with Crippen molar-refractivity contribution < 1.29 is 28.6 Å². The van der Waals surface area contributed by atoms with E-state index in [2.05, 4.69) is 4.74 Å². The van der Waals surface area contributed by atoms with Crippen molar-refractivity contribution in [3.63, 3.8) is 0 Å². The third-order valence-electron chi connectivity index (χ3n) is 3.22. The SMILES string of the molecule is COC(=O)c1ccc(CSc2cc(C(=O)OC)sc2C(=O)OC)cc1. The van der Waals surface area contributed by atoms with Gasteiger partial charge < -0.3 is 14.2 Å². The summed E-state index contributed by atoms with van der Waals surface area (Å²) in [5, 5.41) is 0. The summed E-state index contributed by atoms with van der Waals surface area (Å²) in [7, 11) is 3.91. The van der Waals surface area contributed by atoms with E-state index in [9.17, 15) is 14.4 Å². The third kappa shape index (κ3) is 4.61. The van der Waals surface area contributed by atoms with E-state index in [1.165, 1.54) is 33.1 Å². The maximum Gasteiger partial charge on any atom is 0.349 e. The topological polar surface area (TPSA) is 78.9 Å². The second-order valence-corrected chi connectivity index (χ2v) is 6.83. The molecule has 0 saturated carbocycles. The van der Waals surface area contributed by atoms with Crippen LogP contribution in [0.25, 0.3) is 0 Å². The minimum Gasteiger partial charge on any atom is -0.465 e. The summed E-state index contributed by atoms with van der Waals surface area (Å²) in [6.07, 6.45) is 0. The van der Waals surface area contributed by atoms with Gasteiger partial charge in [-0.2, -0.15) is 0 Å². The van der Waals surface area contributed by atoms with E-state index >= 15 is 0 Å².